The van der Waals surface area contributed by atoms with E-state index in [4.69, 9.17) is 0 Å². The second kappa shape index (κ2) is 11.2. The quantitative estimate of drug-likeness (QED) is 0.343. The Kier molecular flexibility index (Phi) is 9.27. The molecule has 1 aromatic rings. The van der Waals surface area contributed by atoms with E-state index < -0.39 is 0 Å². The third kappa shape index (κ3) is 5.95. The Balaban J connectivity index is 0.00000280. The molecule has 1 aliphatic heterocycles. The Morgan fingerprint density at radius 1 is 1.18 bits per heavy atom. The zero-order valence-corrected chi connectivity index (χ0v) is 20.0. The lowest BCUT2D eigenvalue weighted by Crippen LogP contribution is -2.46. The highest BCUT2D eigenvalue weighted by atomic mass is 127. The maximum absolute atomic E-state index is 4.59. The molecule has 0 atom stereocenters. The molecule has 2 heterocycles. The number of pyridine rings is 1. The second-order valence-electron chi connectivity index (χ2n) is 7.93. The fourth-order valence-corrected chi connectivity index (χ4v) is 4.05. The Hall–Kier alpha value is -1.09. The molecule has 2 N–H and O–H groups in total. The van der Waals surface area contributed by atoms with Crippen LogP contribution >= 0.6 is 24.0 Å². The highest BCUT2D eigenvalue weighted by molar-refractivity contribution is 14.0. The van der Waals surface area contributed by atoms with Gasteiger partial charge in [-0.05, 0) is 48.9 Å². The van der Waals surface area contributed by atoms with Crippen molar-refractivity contribution in [3.8, 4) is 0 Å². The third-order valence-electron chi connectivity index (χ3n) is 6.43. The Morgan fingerprint density at radius 2 is 1.93 bits per heavy atom. The molecule has 0 bridgehead atoms. The molecule has 0 radical (unpaired) electrons. The summed E-state index contributed by atoms with van der Waals surface area (Å²) in [4.78, 5) is 13.9. The highest BCUT2D eigenvalue weighted by Gasteiger charge is 2.34. The topological polar surface area (TPSA) is 55.8 Å². The molecule has 1 saturated heterocycles. The van der Waals surface area contributed by atoms with E-state index in [0.29, 0.717) is 5.41 Å². The van der Waals surface area contributed by atoms with Gasteiger partial charge in [0.2, 0.25) is 0 Å². The van der Waals surface area contributed by atoms with Gasteiger partial charge < -0.3 is 20.4 Å². The Morgan fingerprint density at radius 3 is 2.50 bits per heavy atom. The van der Waals surface area contributed by atoms with Gasteiger partial charge in [-0.3, -0.25) is 4.99 Å². The average molecular weight is 500 g/mol. The smallest absolute Gasteiger partial charge is 0.191 e. The standard InChI is InChI=1S/C21H36N6.HI/c1-4-21(8-6-9-21)17-25-20(22-3)24-16-18-7-10-23-19(15-18)27-13-11-26(5-2)12-14-27;/h7,10,15H,4-6,8-9,11-14,16-17H2,1-3H3,(H2,22,24,25);1H. The van der Waals surface area contributed by atoms with Crippen LogP contribution in [0.2, 0.25) is 0 Å². The van der Waals surface area contributed by atoms with E-state index in [0.717, 1.165) is 57.6 Å². The largest absolute Gasteiger partial charge is 0.356 e. The summed E-state index contributed by atoms with van der Waals surface area (Å²) >= 11 is 0. The molecule has 7 heteroatoms. The number of anilines is 1. The molecule has 0 unspecified atom stereocenters. The minimum atomic E-state index is 0. The van der Waals surface area contributed by atoms with Crippen LogP contribution in [0.4, 0.5) is 5.82 Å². The molecule has 2 fully saturated rings. The molecule has 6 nitrogen and oxygen atoms in total. The van der Waals surface area contributed by atoms with Gasteiger partial charge >= 0.3 is 0 Å². The van der Waals surface area contributed by atoms with E-state index in [2.05, 4.69) is 56.4 Å². The van der Waals surface area contributed by atoms with E-state index in [-0.39, 0.29) is 24.0 Å². The molecular weight excluding hydrogens is 463 g/mol. The van der Waals surface area contributed by atoms with Crippen molar-refractivity contribution in [1.29, 1.82) is 0 Å². The van der Waals surface area contributed by atoms with Crippen molar-refractivity contribution in [2.45, 2.75) is 46.1 Å². The number of guanidine groups is 1. The maximum Gasteiger partial charge on any atom is 0.191 e. The van der Waals surface area contributed by atoms with Crippen molar-refractivity contribution in [1.82, 2.24) is 20.5 Å². The van der Waals surface area contributed by atoms with Crippen molar-refractivity contribution in [3.63, 3.8) is 0 Å². The van der Waals surface area contributed by atoms with Gasteiger partial charge in [-0.1, -0.05) is 20.3 Å². The number of hydrogen-bond donors (Lipinski definition) is 2. The van der Waals surface area contributed by atoms with E-state index in [1.54, 1.807) is 0 Å². The van der Waals surface area contributed by atoms with Crippen LogP contribution in [0.1, 0.15) is 45.1 Å². The number of nitrogens with zero attached hydrogens (tertiary/aromatic N) is 4. The van der Waals surface area contributed by atoms with E-state index in [1.165, 1.54) is 31.2 Å². The number of piperazine rings is 1. The molecular formula is C21H37IN6. The summed E-state index contributed by atoms with van der Waals surface area (Å²) < 4.78 is 0. The molecule has 3 rings (SSSR count). The number of nitrogens with one attached hydrogen (secondary N) is 2. The van der Waals surface area contributed by atoms with Gasteiger partial charge in [0, 0.05) is 52.5 Å². The van der Waals surface area contributed by atoms with Gasteiger partial charge in [-0.15, -0.1) is 24.0 Å². The van der Waals surface area contributed by atoms with Crippen LogP contribution in [-0.4, -0.2) is 62.2 Å². The molecule has 158 valence electrons. The normalized spacial score (nSPS) is 19.5. The first kappa shape index (κ1) is 23.2. The number of likely N-dealkylation sites (N-methyl/N-ethyl adjacent to an activating group) is 1. The van der Waals surface area contributed by atoms with E-state index in [9.17, 15) is 0 Å². The molecule has 28 heavy (non-hydrogen) atoms. The summed E-state index contributed by atoms with van der Waals surface area (Å²) in [6.07, 6.45) is 7.22. The number of hydrogen-bond acceptors (Lipinski definition) is 4. The third-order valence-corrected chi connectivity index (χ3v) is 6.43. The molecule has 2 aliphatic rings. The first-order valence-electron chi connectivity index (χ1n) is 10.5. The van der Waals surface area contributed by atoms with Gasteiger partial charge in [-0.2, -0.15) is 0 Å². The number of aromatic nitrogens is 1. The second-order valence-corrected chi connectivity index (χ2v) is 7.93. The van der Waals surface area contributed by atoms with Crippen molar-refractivity contribution in [3.05, 3.63) is 23.9 Å². The lowest BCUT2D eigenvalue weighted by molar-refractivity contribution is 0.131. The monoisotopic (exact) mass is 500 g/mol. The Bertz CT molecular complexity index is 618. The highest BCUT2D eigenvalue weighted by Crippen LogP contribution is 2.42. The van der Waals surface area contributed by atoms with Crippen LogP contribution in [0.5, 0.6) is 0 Å². The molecule has 0 aromatic carbocycles. The Labute approximate surface area is 187 Å². The molecule has 1 aliphatic carbocycles. The number of halogens is 1. The zero-order valence-electron chi connectivity index (χ0n) is 17.7. The maximum atomic E-state index is 4.59. The summed E-state index contributed by atoms with van der Waals surface area (Å²) in [5, 5.41) is 6.99. The van der Waals surface area contributed by atoms with Crippen LogP contribution in [0.3, 0.4) is 0 Å². The van der Waals surface area contributed by atoms with Gasteiger partial charge in [0.15, 0.2) is 5.96 Å². The predicted octanol–water partition coefficient (Wildman–Crippen LogP) is 3.09. The summed E-state index contributed by atoms with van der Waals surface area (Å²) in [5.41, 5.74) is 1.73. The average Bonchev–Trinajstić information content (AvgIpc) is 2.70. The van der Waals surface area contributed by atoms with Gasteiger partial charge in [0.05, 0.1) is 0 Å². The van der Waals surface area contributed by atoms with Crippen LogP contribution in [-0.2, 0) is 6.54 Å². The summed E-state index contributed by atoms with van der Waals surface area (Å²) in [6.45, 7) is 11.8. The van der Waals surface area contributed by atoms with Crippen LogP contribution in [0, 0.1) is 5.41 Å². The van der Waals surface area contributed by atoms with Gasteiger partial charge in [0.25, 0.3) is 0 Å². The summed E-state index contributed by atoms with van der Waals surface area (Å²) in [7, 11) is 1.85. The summed E-state index contributed by atoms with van der Waals surface area (Å²) in [5.74, 6) is 1.98. The van der Waals surface area contributed by atoms with Gasteiger partial charge in [-0.25, -0.2) is 4.98 Å². The first-order valence-corrected chi connectivity index (χ1v) is 10.5. The summed E-state index contributed by atoms with van der Waals surface area (Å²) in [6, 6.07) is 4.30. The predicted molar refractivity (Wildman–Crippen MR) is 129 cm³/mol. The fraction of sp³-hybridized carbons (Fsp3) is 0.714. The van der Waals surface area contributed by atoms with Crippen LogP contribution in [0.15, 0.2) is 23.3 Å². The SMILES string of the molecule is CCN1CCN(c2cc(CNC(=NC)NCC3(CC)CCC3)ccn2)CC1.I. The number of aliphatic imine (C=N–C) groups is 1. The first-order chi connectivity index (χ1) is 13.2. The zero-order chi connectivity index (χ0) is 19.1. The van der Waals surface area contributed by atoms with E-state index in [1.807, 2.05) is 13.2 Å². The van der Waals surface area contributed by atoms with Crippen LogP contribution < -0.4 is 15.5 Å². The lowest BCUT2D eigenvalue weighted by Gasteiger charge is -2.41. The van der Waals surface area contributed by atoms with Crippen LogP contribution in [0.25, 0.3) is 0 Å². The van der Waals surface area contributed by atoms with Crippen molar-refractivity contribution in [2.24, 2.45) is 10.4 Å². The van der Waals surface area contributed by atoms with E-state index >= 15 is 0 Å². The minimum absolute atomic E-state index is 0. The lowest BCUT2D eigenvalue weighted by atomic mass is 9.67. The van der Waals surface area contributed by atoms with Crippen molar-refractivity contribution < 1.29 is 0 Å². The molecule has 1 saturated carbocycles. The fourth-order valence-electron chi connectivity index (χ4n) is 4.05. The van der Waals surface area contributed by atoms with Gasteiger partial charge in [0.1, 0.15) is 5.82 Å². The minimum Gasteiger partial charge on any atom is -0.356 e. The molecule has 0 amide bonds. The molecule has 1 aromatic heterocycles. The van der Waals surface area contributed by atoms with Crippen molar-refractivity contribution >= 4 is 35.8 Å². The molecule has 0 spiro atoms. The van der Waals surface area contributed by atoms with Crippen molar-refractivity contribution in [2.75, 3.05) is 51.2 Å². The number of rotatable bonds is 7.